The van der Waals surface area contributed by atoms with E-state index in [1.165, 1.54) is 0 Å². The summed E-state index contributed by atoms with van der Waals surface area (Å²) in [6.45, 7) is 3.87. The van der Waals surface area contributed by atoms with E-state index < -0.39 is 0 Å². The van der Waals surface area contributed by atoms with Crippen LogP contribution in [0.3, 0.4) is 0 Å². The van der Waals surface area contributed by atoms with Gasteiger partial charge in [-0.1, -0.05) is 42.8 Å². The van der Waals surface area contributed by atoms with Crippen molar-refractivity contribution in [2.75, 3.05) is 0 Å². The van der Waals surface area contributed by atoms with Crippen LogP contribution in [0.4, 0.5) is 0 Å². The van der Waals surface area contributed by atoms with Crippen molar-refractivity contribution in [2.45, 2.75) is 20.3 Å². The number of aromatic nitrogens is 2. The second kappa shape index (κ2) is 5.44. The molecular formula is C18H16N2O. The SMILES string of the molecule is CCC(=O)c1nc2ccccc2nc1-c1cccc(C)c1. The highest BCUT2D eigenvalue weighted by Gasteiger charge is 2.16. The zero-order valence-electron chi connectivity index (χ0n) is 12.1. The lowest BCUT2D eigenvalue weighted by molar-refractivity contribution is 0.0984. The maximum atomic E-state index is 12.2. The van der Waals surface area contributed by atoms with E-state index in [0.717, 1.165) is 22.2 Å². The number of Topliss-reactive ketones (excluding diaryl/α,β-unsaturated/α-hetero) is 1. The summed E-state index contributed by atoms with van der Waals surface area (Å²) in [5.74, 6) is 0.0183. The van der Waals surface area contributed by atoms with E-state index >= 15 is 0 Å². The van der Waals surface area contributed by atoms with Gasteiger partial charge in [0.1, 0.15) is 11.4 Å². The molecule has 0 unspecified atom stereocenters. The van der Waals surface area contributed by atoms with Gasteiger partial charge >= 0.3 is 0 Å². The van der Waals surface area contributed by atoms with E-state index in [0.29, 0.717) is 17.8 Å². The van der Waals surface area contributed by atoms with Crippen LogP contribution in [0.25, 0.3) is 22.3 Å². The largest absolute Gasteiger partial charge is 0.292 e. The molecule has 3 rings (SSSR count). The number of hydrogen-bond donors (Lipinski definition) is 0. The van der Waals surface area contributed by atoms with Crippen LogP contribution in [-0.2, 0) is 0 Å². The van der Waals surface area contributed by atoms with Crippen molar-refractivity contribution < 1.29 is 4.79 Å². The molecule has 0 saturated heterocycles. The molecule has 0 aliphatic heterocycles. The summed E-state index contributed by atoms with van der Waals surface area (Å²) in [7, 11) is 0. The van der Waals surface area contributed by atoms with Gasteiger partial charge in [-0.15, -0.1) is 0 Å². The van der Waals surface area contributed by atoms with E-state index in [1.54, 1.807) is 0 Å². The third-order valence-electron chi connectivity index (χ3n) is 3.45. The Hall–Kier alpha value is -2.55. The third-order valence-corrected chi connectivity index (χ3v) is 3.45. The van der Waals surface area contributed by atoms with Gasteiger partial charge in [-0.05, 0) is 25.1 Å². The number of aryl methyl sites for hydroxylation is 1. The maximum Gasteiger partial charge on any atom is 0.183 e. The molecule has 0 atom stereocenters. The van der Waals surface area contributed by atoms with Crippen LogP contribution < -0.4 is 0 Å². The molecule has 0 aliphatic carbocycles. The first-order valence-corrected chi connectivity index (χ1v) is 7.06. The van der Waals surface area contributed by atoms with Crippen molar-refractivity contribution in [3.63, 3.8) is 0 Å². The maximum absolute atomic E-state index is 12.2. The molecule has 0 amide bonds. The lowest BCUT2D eigenvalue weighted by Gasteiger charge is -2.09. The molecule has 0 aliphatic rings. The Morgan fingerprint density at radius 1 is 1.00 bits per heavy atom. The Balaban J connectivity index is 2.30. The van der Waals surface area contributed by atoms with Gasteiger partial charge in [-0.3, -0.25) is 4.79 Å². The second-order valence-electron chi connectivity index (χ2n) is 5.06. The molecule has 3 aromatic rings. The Bertz CT molecular complexity index is 824. The highest BCUT2D eigenvalue weighted by atomic mass is 16.1. The van der Waals surface area contributed by atoms with E-state index in [4.69, 9.17) is 0 Å². The summed E-state index contributed by atoms with van der Waals surface area (Å²) < 4.78 is 0. The average molecular weight is 276 g/mol. The topological polar surface area (TPSA) is 42.9 Å². The molecule has 0 fully saturated rings. The first-order valence-electron chi connectivity index (χ1n) is 7.06. The van der Waals surface area contributed by atoms with Gasteiger partial charge in [0, 0.05) is 12.0 Å². The molecule has 3 heteroatoms. The van der Waals surface area contributed by atoms with Crippen molar-refractivity contribution in [2.24, 2.45) is 0 Å². The van der Waals surface area contributed by atoms with Crippen molar-refractivity contribution in [1.29, 1.82) is 0 Å². The van der Waals surface area contributed by atoms with Gasteiger partial charge in [0.05, 0.1) is 11.0 Å². The number of ketones is 1. The minimum atomic E-state index is 0.0183. The summed E-state index contributed by atoms with van der Waals surface area (Å²) in [5.41, 5.74) is 4.76. The predicted molar refractivity (Wildman–Crippen MR) is 84.3 cm³/mol. The van der Waals surface area contributed by atoms with Gasteiger partial charge in [0.25, 0.3) is 0 Å². The first kappa shape index (κ1) is 13.4. The molecule has 3 nitrogen and oxygen atoms in total. The van der Waals surface area contributed by atoms with Crippen molar-refractivity contribution in [3.05, 3.63) is 59.8 Å². The van der Waals surface area contributed by atoms with Crippen LogP contribution in [0, 0.1) is 6.92 Å². The van der Waals surface area contributed by atoms with Crippen molar-refractivity contribution >= 4 is 16.8 Å². The molecule has 104 valence electrons. The summed E-state index contributed by atoms with van der Waals surface area (Å²) in [6, 6.07) is 15.6. The summed E-state index contributed by atoms with van der Waals surface area (Å²) in [5, 5.41) is 0. The Morgan fingerprint density at radius 3 is 2.38 bits per heavy atom. The normalized spacial score (nSPS) is 10.8. The lowest BCUT2D eigenvalue weighted by Crippen LogP contribution is -2.06. The highest BCUT2D eigenvalue weighted by molar-refractivity contribution is 6.01. The zero-order chi connectivity index (χ0) is 14.8. The minimum Gasteiger partial charge on any atom is -0.292 e. The Kier molecular flexibility index (Phi) is 3.48. The van der Waals surface area contributed by atoms with Crippen LogP contribution in [0.15, 0.2) is 48.5 Å². The first-order chi connectivity index (χ1) is 10.2. The van der Waals surface area contributed by atoms with Gasteiger partial charge in [-0.25, -0.2) is 9.97 Å². The van der Waals surface area contributed by atoms with E-state index in [2.05, 4.69) is 9.97 Å². The molecule has 1 heterocycles. The number of carbonyl (C=O) groups is 1. The molecule has 0 saturated carbocycles. The molecule has 0 spiro atoms. The molecule has 1 aromatic heterocycles. The summed E-state index contributed by atoms with van der Waals surface area (Å²) in [4.78, 5) is 21.4. The number of nitrogens with zero attached hydrogens (tertiary/aromatic N) is 2. The number of hydrogen-bond acceptors (Lipinski definition) is 3. The standard InChI is InChI=1S/C18H16N2O/c1-3-16(21)18-17(13-8-6-7-12(2)11-13)19-14-9-4-5-10-15(14)20-18/h4-11H,3H2,1-2H3. The van der Waals surface area contributed by atoms with Crippen LogP contribution in [0.5, 0.6) is 0 Å². The fraction of sp³-hybridized carbons (Fsp3) is 0.167. The quantitative estimate of drug-likeness (QED) is 0.673. The average Bonchev–Trinajstić information content (AvgIpc) is 2.53. The predicted octanol–water partition coefficient (Wildman–Crippen LogP) is 4.20. The Labute approximate surface area is 123 Å². The summed E-state index contributed by atoms with van der Waals surface area (Å²) >= 11 is 0. The Morgan fingerprint density at radius 2 is 1.71 bits per heavy atom. The van der Waals surface area contributed by atoms with E-state index in [1.807, 2.05) is 62.4 Å². The van der Waals surface area contributed by atoms with Crippen LogP contribution in [-0.4, -0.2) is 15.8 Å². The summed E-state index contributed by atoms with van der Waals surface area (Å²) in [6.07, 6.45) is 0.422. The number of benzene rings is 2. The smallest absolute Gasteiger partial charge is 0.183 e. The molecule has 21 heavy (non-hydrogen) atoms. The monoisotopic (exact) mass is 276 g/mol. The molecule has 0 bridgehead atoms. The zero-order valence-corrected chi connectivity index (χ0v) is 12.1. The van der Waals surface area contributed by atoms with Gasteiger partial charge in [-0.2, -0.15) is 0 Å². The number of fused-ring (bicyclic) bond motifs is 1. The van der Waals surface area contributed by atoms with Gasteiger partial charge in [0.15, 0.2) is 5.78 Å². The third kappa shape index (κ3) is 2.55. The number of rotatable bonds is 3. The minimum absolute atomic E-state index is 0.0183. The van der Waals surface area contributed by atoms with Crippen molar-refractivity contribution in [3.8, 4) is 11.3 Å². The fourth-order valence-corrected chi connectivity index (χ4v) is 2.36. The van der Waals surface area contributed by atoms with E-state index in [9.17, 15) is 4.79 Å². The van der Waals surface area contributed by atoms with Gasteiger partial charge in [0.2, 0.25) is 0 Å². The molecule has 0 N–H and O–H groups in total. The number of carbonyl (C=O) groups excluding carboxylic acids is 1. The van der Waals surface area contributed by atoms with Crippen LogP contribution in [0.2, 0.25) is 0 Å². The molecule has 0 radical (unpaired) electrons. The van der Waals surface area contributed by atoms with Gasteiger partial charge < -0.3 is 0 Å². The highest BCUT2D eigenvalue weighted by Crippen LogP contribution is 2.25. The van der Waals surface area contributed by atoms with Crippen LogP contribution >= 0.6 is 0 Å². The second-order valence-corrected chi connectivity index (χ2v) is 5.06. The molecular weight excluding hydrogens is 260 g/mol. The molecule has 2 aromatic carbocycles. The fourth-order valence-electron chi connectivity index (χ4n) is 2.36. The van der Waals surface area contributed by atoms with Crippen molar-refractivity contribution in [1.82, 2.24) is 9.97 Å². The van der Waals surface area contributed by atoms with E-state index in [-0.39, 0.29) is 5.78 Å². The lowest BCUT2D eigenvalue weighted by atomic mass is 10.0. The van der Waals surface area contributed by atoms with Crippen LogP contribution in [0.1, 0.15) is 29.4 Å². The number of para-hydroxylation sites is 2.